The Kier molecular flexibility index (Phi) is 2.55. The lowest BCUT2D eigenvalue weighted by Gasteiger charge is -2.39. The van der Waals surface area contributed by atoms with E-state index in [2.05, 4.69) is 31.2 Å². The van der Waals surface area contributed by atoms with Crippen molar-refractivity contribution in [2.45, 2.75) is 24.8 Å². The highest BCUT2D eigenvalue weighted by molar-refractivity contribution is 9.10. The molecule has 0 atom stereocenters. The van der Waals surface area contributed by atoms with Gasteiger partial charge in [-0.15, -0.1) is 0 Å². The number of aromatic nitrogens is 2. The topological polar surface area (TPSA) is 78.0 Å². The van der Waals surface area contributed by atoms with E-state index in [1.807, 2.05) is 18.2 Å². The van der Waals surface area contributed by atoms with Crippen LogP contribution in [0.5, 0.6) is 0 Å². The van der Waals surface area contributed by atoms with Crippen molar-refractivity contribution in [2.24, 2.45) is 0 Å². The molecule has 0 aliphatic heterocycles. The number of carboxylic acid groups (broad SMARTS) is 1. The average Bonchev–Trinajstić information content (AvgIpc) is 2.65. The number of H-pyrrole nitrogens is 1. The highest BCUT2D eigenvalue weighted by Gasteiger charge is 2.42. The van der Waals surface area contributed by atoms with Gasteiger partial charge in [0.15, 0.2) is 0 Å². The largest absolute Gasteiger partial charge is 0.465 e. The first kappa shape index (κ1) is 11.5. The quantitative estimate of drug-likeness (QED) is 0.798. The molecule has 1 aliphatic rings. The normalized spacial score (nSPS) is 17.4. The lowest BCUT2D eigenvalue weighted by molar-refractivity contribution is 0.139. The van der Waals surface area contributed by atoms with Crippen molar-refractivity contribution in [1.82, 2.24) is 15.3 Å². The number of hydrogen-bond donors (Lipinski definition) is 3. The number of hydrogen-bond acceptors (Lipinski definition) is 2. The maximum atomic E-state index is 10.9. The smallest absolute Gasteiger partial charge is 0.405 e. The first-order chi connectivity index (χ1) is 8.59. The molecule has 0 spiro atoms. The summed E-state index contributed by atoms with van der Waals surface area (Å²) in [7, 11) is 0. The van der Waals surface area contributed by atoms with Crippen LogP contribution in [0.1, 0.15) is 25.1 Å². The monoisotopic (exact) mass is 309 g/mol. The van der Waals surface area contributed by atoms with Gasteiger partial charge in [0.05, 0.1) is 11.0 Å². The Bertz CT molecular complexity index is 619. The first-order valence-corrected chi connectivity index (χ1v) is 6.55. The van der Waals surface area contributed by atoms with Gasteiger partial charge >= 0.3 is 6.09 Å². The summed E-state index contributed by atoms with van der Waals surface area (Å²) < 4.78 is 0.971. The molecule has 1 heterocycles. The zero-order chi connectivity index (χ0) is 12.8. The van der Waals surface area contributed by atoms with Crippen molar-refractivity contribution in [3.05, 3.63) is 28.5 Å². The van der Waals surface area contributed by atoms with Crippen molar-refractivity contribution < 1.29 is 9.90 Å². The van der Waals surface area contributed by atoms with Crippen molar-refractivity contribution in [1.29, 1.82) is 0 Å². The van der Waals surface area contributed by atoms with Crippen LogP contribution in [0.15, 0.2) is 22.7 Å². The highest BCUT2D eigenvalue weighted by atomic mass is 79.9. The molecule has 2 aromatic rings. The summed E-state index contributed by atoms with van der Waals surface area (Å²) >= 11 is 3.41. The molecule has 1 aromatic heterocycles. The Labute approximate surface area is 112 Å². The van der Waals surface area contributed by atoms with E-state index in [1.165, 1.54) is 0 Å². The molecule has 0 radical (unpaired) electrons. The Morgan fingerprint density at radius 1 is 1.50 bits per heavy atom. The number of carbonyl (C=O) groups is 1. The molecule has 3 rings (SSSR count). The van der Waals surface area contributed by atoms with E-state index in [-0.39, 0.29) is 0 Å². The summed E-state index contributed by atoms with van der Waals surface area (Å²) in [4.78, 5) is 18.6. The summed E-state index contributed by atoms with van der Waals surface area (Å²) in [6.07, 6.45) is 1.60. The van der Waals surface area contributed by atoms with E-state index in [0.717, 1.165) is 34.8 Å². The summed E-state index contributed by atoms with van der Waals surface area (Å²) in [6.45, 7) is 0. The lowest BCUT2D eigenvalue weighted by atomic mass is 9.76. The number of aromatic amines is 1. The number of halogens is 1. The van der Waals surface area contributed by atoms with Crippen LogP contribution in [-0.2, 0) is 5.54 Å². The van der Waals surface area contributed by atoms with Gasteiger partial charge in [-0.3, -0.25) is 0 Å². The SMILES string of the molecule is O=C(O)NC1(c2nc3ccc(Br)cc3[nH]2)CCC1. The van der Waals surface area contributed by atoms with Gasteiger partial charge in [-0.05, 0) is 37.5 Å². The van der Waals surface area contributed by atoms with E-state index in [0.29, 0.717) is 5.82 Å². The summed E-state index contributed by atoms with van der Waals surface area (Å²) in [5.41, 5.74) is 1.24. The molecule has 0 bridgehead atoms. The molecule has 5 nitrogen and oxygen atoms in total. The molecule has 3 N–H and O–H groups in total. The Hall–Kier alpha value is -1.56. The number of amides is 1. The minimum absolute atomic E-state index is 0.530. The van der Waals surface area contributed by atoms with Gasteiger partial charge in [-0.1, -0.05) is 15.9 Å². The third kappa shape index (κ3) is 1.77. The second-order valence-electron chi connectivity index (χ2n) is 4.61. The van der Waals surface area contributed by atoms with Crippen molar-refractivity contribution in [2.75, 3.05) is 0 Å². The van der Waals surface area contributed by atoms with Gasteiger partial charge in [0.2, 0.25) is 0 Å². The summed E-state index contributed by atoms with van der Waals surface area (Å²) in [6, 6.07) is 5.77. The summed E-state index contributed by atoms with van der Waals surface area (Å²) in [5, 5.41) is 11.5. The first-order valence-electron chi connectivity index (χ1n) is 5.76. The number of nitrogens with one attached hydrogen (secondary N) is 2. The third-order valence-corrected chi connectivity index (χ3v) is 3.94. The Morgan fingerprint density at radius 2 is 2.28 bits per heavy atom. The summed E-state index contributed by atoms with van der Waals surface area (Å²) in [5.74, 6) is 0.712. The van der Waals surface area contributed by atoms with E-state index >= 15 is 0 Å². The second-order valence-corrected chi connectivity index (χ2v) is 5.53. The third-order valence-electron chi connectivity index (χ3n) is 3.45. The fourth-order valence-electron chi connectivity index (χ4n) is 2.36. The predicted molar refractivity (Wildman–Crippen MR) is 70.5 cm³/mol. The van der Waals surface area contributed by atoms with Crippen LogP contribution in [0.4, 0.5) is 4.79 Å². The molecule has 1 saturated carbocycles. The molecule has 1 aromatic carbocycles. The molecule has 0 saturated heterocycles. The molecule has 1 amide bonds. The van der Waals surface area contributed by atoms with Gasteiger partial charge in [0.1, 0.15) is 11.4 Å². The molecule has 0 unspecified atom stereocenters. The maximum absolute atomic E-state index is 10.9. The number of imidazole rings is 1. The fraction of sp³-hybridized carbons (Fsp3) is 0.333. The molecular formula is C12H12BrN3O2. The van der Waals surface area contributed by atoms with Crippen LogP contribution in [0.25, 0.3) is 11.0 Å². The Balaban J connectivity index is 2.05. The molecule has 6 heteroatoms. The van der Waals surface area contributed by atoms with Crippen molar-refractivity contribution in [3.63, 3.8) is 0 Å². The Morgan fingerprint density at radius 3 is 2.89 bits per heavy atom. The number of rotatable bonds is 2. The van der Waals surface area contributed by atoms with Gasteiger partial charge in [0, 0.05) is 4.47 Å². The highest BCUT2D eigenvalue weighted by Crippen LogP contribution is 2.40. The fourth-order valence-corrected chi connectivity index (χ4v) is 2.73. The zero-order valence-electron chi connectivity index (χ0n) is 9.53. The lowest BCUT2D eigenvalue weighted by Crippen LogP contribution is -2.51. The second kappa shape index (κ2) is 3.98. The van der Waals surface area contributed by atoms with Gasteiger partial charge in [-0.2, -0.15) is 0 Å². The molecule has 18 heavy (non-hydrogen) atoms. The van der Waals surface area contributed by atoms with Crippen molar-refractivity contribution >= 4 is 33.1 Å². The molecule has 1 fully saturated rings. The van der Waals surface area contributed by atoms with Crippen LogP contribution in [0, 0.1) is 0 Å². The number of nitrogens with zero attached hydrogens (tertiary/aromatic N) is 1. The van der Waals surface area contributed by atoms with Gasteiger partial charge < -0.3 is 15.4 Å². The van der Waals surface area contributed by atoms with Crippen LogP contribution in [0.3, 0.4) is 0 Å². The molecular weight excluding hydrogens is 298 g/mol. The van der Waals surface area contributed by atoms with Crippen LogP contribution < -0.4 is 5.32 Å². The maximum Gasteiger partial charge on any atom is 0.405 e. The van der Waals surface area contributed by atoms with E-state index in [9.17, 15) is 4.79 Å². The molecule has 94 valence electrons. The minimum Gasteiger partial charge on any atom is -0.465 e. The van der Waals surface area contributed by atoms with Crippen LogP contribution in [0.2, 0.25) is 0 Å². The van der Waals surface area contributed by atoms with Crippen molar-refractivity contribution in [3.8, 4) is 0 Å². The van der Waals surface area contributed by atoms with Crippen LogP contribution >= 0.6 is 15.9 Å². The number of fused-ring (bicyclic) bond motifs is 1. The van der Waals surface area contributed by atoms with Crippen LogP contribution in [-0.4, -0.2) is 21.2 Å². The van der Waals surface area contributed by atoms with Gasteiger partial charge in [-0.25, -0.2) is 9.78 Å². The standard InChI is InChI=1S/C12H12BrN3O2/c13-7-2-3-8-9(6-7)15-10(14-8)12(4-1-5-12)16-11(17)18/h2-3,6,16H,1,4-5H2,(H,14,15)(H,17,18). The zero-order valence-corrected chi connectivity index (χ0v) is 11.1. The van der Waals surface area contributed by atoms with E-state index in [1.54, 1.807) is 0 Å². The average molecular weight is 310 g/mol. The van der Waals surface area contributed by atoms with E-state index in [4.69, 9.17) is 5.11 Å². The predicted octanol–water partition coefficient (Wildman–Crippen LogP) is 2.97. The number of benzene rings is 1. The molecule has 1 aliphatic carbocycles. The van der Waals surface area contributed by atoms with Gasteiger partial charge in [0.25, 0.3) is 0 Å². The van der Waals surface area contributed by atoms with E-state index < -0.39 is 11.6 Å². The minimum atomic E-state index is -1.00.